The second-order valence-corrected chi connectivity index (χ2v) is 6.23. The number of nitrogens with one attached hydrogen (secondary N) is 1. The van der Waals surface area contributed by atoms with Gasteiger partial charge in [-0.2, -0.15) is 0 Å². The molecule has 0 spiro atoms. The van der Waals surface area contributed by atoms with Crippen molar-refractivity contribution in [3.63, 3.8) is 0 Å². The molecule has 1 aromatic heterocycles. The highest BCUT2D eigenvalue weighted by Gasteiger charge is 2.29. The van der Waals surface area contributed by atoms with E-state index in [0.29, 0.717) is 6.04 Å². The first-order valence-corrected chi connectivity index (χ1v) is 6.64. The average Bonchev–Trinajstić information content (AvgIpc) is 2.20. The molecular formula is C14H22N4O. The summed E-state index contributed by atoms with van der Waals surface area (Å²) in [6.07, 6.45) is 0. The maximum Gasteiger partial charge on any atom is 0.219 e. The van der Waals surface area contributed by atoms with E-state index in [1.807, 2.05) is 17.9 Å². The second kappa shape index (κ2) is 4.79. The van der Waals surface area contributed by atoms with Crippen molar-refractivity contribution in [1.29, 1.82) is 0 Å². The molecular weight excluding hydrogens is 240 g/mol. The first-order chi connectivity index (χ1) is 8.75. The van der Waals surface area contributed by atoms with Crippen LogP contribution in [0, 0.1) is 6.92 Å². The zero-order valence-electron chi connectivity index (χ0n) is 12.3. The van der Waals surface area contributed by atoms with Crippen LogP contribution in [-0.2, 0) is 10.2 Å². The molecule has 1 saturated heterocycles. The molecule has 1 fully saturated rings. The van der Waals surface area contributed by atoms with Crippen molar-refractivity contribution in [2.24, 2.45) is 0 Å². The van der Waals surface area contributed by atoms with Crippen molar-refractivity contribution in [2.45, 2.75) is 46.1 Å². The van der Waals surface area contributed by atoms with Crippen LogP contribution in [0.1, 0.15) is 39.2 Å². The largest absolute Gasteiger partial charge is 0.364 e. The highest BCUT2D eigenvalue weighted by atomic mass is 16.2. The van der Waals surface area contributed by atoms with Crippen LogP contribution in [0.3, 0.4) is 0 Å². The third-order valence-electron chi connectivity index (χ3n) is 3.20. The number of anilines is 1. The number of aromatic nitrogens is 2. The van der Waals surface area contributed by atoms with E-state index in [2.05, 4.69) is 36.1 Å². The van der Waals surface area contributed by atoms with Crippen molar-refractivity contribution in [1.82, 2.24) is 14.9 Å². The topological polar surface area (TPSA) is 58.1 Å². The third kappa shape index (κ3) is 3.22. The van der Waals surface area contributed by atoms with Gasteiger partial charge in [-0.05, 0) is 6.92 Å². The molecule has 0 bridgehead atoms. The first-order valence-electron chi connectivity index (χ1n) is 6.64. The Bertz CT molecular complexity index is 487. The molecule has 0 aliphatic carbocycles. The van der Waals surface area contributed by atoms with E-state index < -0.39 is 0 Å². The standard InChI is InChI=1S/C14H22N4O/c1-9-6-12(17-13(15-9)14(3,4)5)16-11-7-18(8-11)10(2)19/h6,11H,7-8H2,1-5H3,(H,15,16,17). The van der Waals surface area contributed by atoms with Gasteiger partial charge in [-0.3, -0.25) is 4.79 Å². The summed E-state index contributed by atoms with van der Waals surface area (Å²) in [7, 11) is 0. The highest BCUT2D eigenvalue weighted by molar-refractivity contribution is 5.74. The predicted octanol–water partition coefficient (Wildman–Crippen LogP) is 1.73. The van der Waals surface area contributed by atoms with Gasteiger partial charge in [0, 0.05) is 37.2 Å². The van der Waals surface area contributed by atoms with Gasteiger partial charge < -0.3 is 10.2 Å². The Hall–Kier alpha value is -1.65. The summed E-state index contributed by atoms with van der Waals surface area (Å²) in [6, 6.07) is 2.25. The number of carbonyl (C=O) groups excluding carboxylic acids is 1. The number of carbonyl (C=O) groups is 1. The molecule has 0 saturated carbocycles. The van der Waals surface area contributed by atoms with Gasteiger partial charge in [-0.1, -0.05) is 20.8 Å². The molecule has 5 heteroatoms. The van der Waals surface area contributed by atoms with Gasteiger partial charge in [0.05, 0.1) is 6.04 Å². The van der Waals surface area contributed by atoms with Crippen LogP contribution in [0.25, 0.3) is 0 Å². The fourth-order valence-corrected chi connectivity index (χ4v) is 2.01. The van der Waals surface area contributed by atoms with Crippen molar-refractivity contribution >= 4 is 11.7 Å². The van der Waals surface area contributed by atoms with E-state index in [4.69, 9.17) is 0 Å². The van der Waals surface area contributed by atoms with Crippen LogP contribution < -0.4 is 5.32 Å². The molecule has 0 radical (unpaired) electrons. The molecule has 19 heavy (non-hydrogen) atoms. The monoisotopic (exact) mass is 262 g/mol. The van der Waals surface area contributed by atoms with Gasteiger partial charge in [0.15, 0.2) is 0 Å². The Balaban J connectivity index is 2.06. The van der Waals surface area contributed by atoms with Crippen molar-refractivity contribution in [2.75, 3.05) is 18.4 Å². The third-order valence-corrected chi connectivity index (χ3v) is 3.20. The molecule has 104 valence electrons. The number of hydrogen-bond donors (Lipinski definition) is 1. The summed E-state index contributed by atoms with van der Waals surface area (Å²) in [4.78, 5) is 22.0. The summed E-state index contributed by atoms with van der Waals surface area (Å²) < 4.78 is 0. The second-order valence-electron chi connectivity index (χ2n) is 6.23. The normalized spacial score (nSPS) is 16.2. The maximum atomic E-state index is 11.1. The number of hydrogen-bond acceptors (Lipinski definition) is 4. The quantitative estimate of drug-likeness (QED) is 0.881. The minimum absolute atomic E-state index is 0.0620. The molecule has 5 nitrogen and oxygen atoms in total. The predicted molar refractivity (Wildman–Crippen MR) is 75.1 cm³/mol. The first kappa shape index (κ1) is 13.8. The van der Waals surface area contributed by atoms with E-state index in [-0.39, 0.29) is 11.3 Å². The van der Waals surface area contributed by atoms with E-state index in [0.717, 1.165) is 30.4 Å². The lowest BCUT2D eigenvalue weighted by molar-refractivity contribution is -0.132. The van der Waals surface area contributed by atoms with Crippen LogP contribution in [0.15, 0.2) is 6.07 Å². The Labute approximate surface area is 114 Å². The molecule has 1 aromatic rings. The fourth-order valence-electron chi connectivity index (χ4n) is 2.01. The van der Waals surface area contributed by atoms with Crippen LogP contribution >= 0.6 is 0 Å². The van der Waals surface area contributed by atoms with E-state index in [1.54, 1.807) is 6.92 Å². The lowest BCUT2D eigenvalue weighted by atomic mass is 9.95. The minimum Gasteiger partial charge on any atom is -0.364 e. The molecule has 2 rings (SSSR count). The molecule has 0 aromatic carbocycles. The Morgan fingerprint density at radius 1 is 1.37 bits per heavy atom. The van der Waals surface area contributed by atoms with Crippen molar-refractivity contribution < 1.29 is 4.79 Å². The van der Waals surface area contributed by atoms with Gasteiger partial charge in [-0.15, -0.1) is 0 Å². The van der Waals surface area contributed by atoms with Gasteiger partial charge >= 0.3 is 0 Å². The Morgan fingerprint density at radius 2 is 2.00 bits per heavy atom. The number of nitrogens with zero attached hydrogens (tertiary/aromatic N) is 3. The van der Waals surface area contributed by atoms with Crippen LogP contribution in [0.5, 0.6) is 0 Å². The number of likely N-dealkylation sites (tertiary alicyclic amines) is 1. The Morgan fingerprint density at radius 3 is 2.53 bits per heavy atom. The van der Waals surface area contributed by atoms with Crippen molar-refractivity contribution in [3.8, 4) is 0 Å². The van der Waals surface area contributed by atoms with Crippen molar-refractivity contribution in [3.05, 3.63) is 17.6 Å². The van der Waals surface area contributed by atoms with Gasteiger partial charge in [0.2, 0.25) is 5.91 Å². The summed E-state index contributed by atoms with van der Waals surface area (Å²) in [5.74, 6) is 1.83. The summed E-state index contributed by atoms with van der Waals surface area (Å²) in [5.41, 5.74) is 0.901. The van der Waals surface area contributed by atoms with Gasteiger partial charge in [0.1, 0.15) is 11.6 Å². The lowest BCUT2D eigenvalue weighted by Gasteiger charge is -2.39. The molecule has 1 N–H and O–H groups in total. The highest BCUT2D eigenvalue weighted by Crippen LogP contribution is 2.21. The zero-order valence-corrected chi connectivity index (χ0v) is 12.3. The SMILES string of the molecule is CC(=O)N1CC(Nc2cc(C)nc(C(C)(C)C)n2)C1. The molecule has 1 aliphatic heterocycles. The molecule has 2 heterocycles. The van der Waals surface area contributed by atoms with Crippen LogP contribution in [0.4, 0.5) is 5.82 Å². The number of amides is 1. The smallest absolute Gasteiger partial charge is 0.219 e. The maximum absolute atomic E-state index is 11.1. The average molecular weight is 262 g/mol. The number of aryl methyl sites for hydroxylation is 1. The summed E-state index contributed by atoms with van der Waals surface area (Å²) in [6.45, 7) is 11.4. The summed E-state index contributed by atoms with van der Waals surface area (Å²) in [5, 5.41) is 3.37. The van der Waals surface area contributed by atoms with Gasteiger partial charge in [-0.25, -0.2) is 9.97 Å². The number of rotatable bonds is 2. The molecule has 0 unspecified atom stereocenters. The van der Waals surface area contributed by atoms with Crippen LogP contribution in [-0.4, -0.2) is 39.9 Å². The molecule has 0 atom stereocenters. The summed E-state index contributed by atoms with van der Waals surface area (Å²) >= 11 is 0. The van der Waals surface area contributed by atoms with E-state index >= 15 is 0 Å². The van der Waals surface area contributed by atoms with E-state index in [1.165, 1.54) is 0 Å². The van der Waals surface area contributed by atoms with Gasteiger partial charge in [0.25, 0.3) is 0 Å². The van der Waals surface area contributed by atoms with E-state index in [9.17, 15) is 4.79 Å². The van der Waals surface area contributed by atoms with Crippen LogP contribution in [0.2, 0.25) is 0 Å². The molecule has 1 amide bonds. The lowest BCUT2D eigenvalue weighted by Crippen LogP contribution is -2.56. The Kier molecular flexibility index (Phi) is 3.47. The fraction of sp³-hybridized carbons (Fsp3) is 0.643. The molecule has 1 aliphatic rings. The zero-order chi connectivity index (χ0) is 14.2. The minimum atomic E-state index is -0.0620.